The summed E-state index contributed by atoms with van der Waals surface area (Å²) in [6, 6.07) is 5.90. The second kappa shape index (κ2) is 6.11. The molecule has 1 aromatic rings. The van der Waals surface area contributed by atoms with E-state index in [0.29, 0.717) is 11.5 Å². The Kier molecular flexibility index (Phi) is 4.46. The molecule has 1 aliphatic rings. The fourth-order valence-corrected chi connectivity index (χ4v) is 2.40. The van der Waals surface area contributed by atoms with Gasteiger partial charge in [0.05, 0.1) is 0 Å². The Morgan fingerprint density at radius 2 is 2.15 bits per heavy atom. The van der Waals surface area contributed by atoms with Crippen molar-refractivity contribution < 1.29 is 9.90 Å². The molecular formula is C17H21NO2. The Labute approximate surface area is 120 Å². The molecule has 1 amide bonds. The van der Waals surface area contributed by atoms with E-state index in [1.165, 1.54) is 12.8 Å². The zero-order valence-corrected chi connectivity index (χ0v) is 12.3. The molecule has 1 aromatic carbocycles. The van der Waals surface area contributed by atoms with Gasteiger partial charge in [-0.2, -0.15) is 0 Å². The van der Waals surface area contributed by atoms with Gasteiger partial charge in [0, 0.05) is 24.2 Å². The third-order valence-electron chi connectivity index (χ3n) is 3.87. The van der Waals surface area contributed by atoms with Crippen LogP contribution in [0.1, 0.15) is 41.3 Å². The molecule has 3 heteroatoms. The summed E-state index contributed by atoms with van der Waals surface area (Å²) in [4.78, 5) is 14.4. The minimum atomic E-state index is -0.171. The van der Waals surface area contributed by atoms with Crippen LogP contribution in [0.25, 0.3) is 0 Å². The van der Waals surface area contributed by atoms with Gasteiger partial charge >= 0.3 is 0 Å². The number of hydrogen-bond acceptors (Lipinski definition) is 2. The number of aryl methyl sites for hydroxylation is 1. The lowest BCUT2D eigenvalue weighted by molar-refractivity contribution is 0.0727. The highest BCUT2D eigenvalue weighted by molar-refractivity contribution is 5.94. The number of benzene rings is 1. The average molecular weight is 271 g/mol. The summed E-state index contributed by atoms with van der Waals surface area (Å²) in [5, 5.41) is 8.76. The highest BCUT2D eigenvalue weighted by atomic mass is 16.2. The molecule has 0 saturated heterocycles. The third kappa shape index (κ3) is 3.40. The van der Waals surface area contributed by atoms with Gasteiger partial charge < -0.3 is 10.0 Å². The van der Waals surface area contributed by atoms with E-state index in [4.69, 9.17) is 5.11 Å². The Hall–Kier alpha value is -1.79. The van der Waals surface area contributed by atoms with Gasteiger partial charge in [0.15, 0.2) is 0 Å². The van der Waals surface area contributed by atoms with Crippen LogP contribution in [0.4, 0.5) is 0 Å². The van der Waals surface area contributed by atoms with E-state index in [1.807, 2.05) is 31.0 Å². The first kappa shape index (κ1) is 14.6. The van der Waals surface area contributed by atoms with Gasteiger partial charge in [0.1, 0.15) is 6.61 Å². The van der Waals surface area contributed by atoms with Crippen molar-refractivity contribution in [2.45, 2.75) is 32.7 Å². The Morgan fingerprint density at radius 1 is 1.45 bits per heavy atom. The quantitative estimate of drug-likeness (QED) is 0.856. The second-order valence-electron chi connectivity index (χ2n) is 5.54. The monoisotopic (exact) mass is 271 g/mol. The normalized spacial score (nSPS) is 15.2. The van der Waals surface area contributed by atoms with Gasteiger partial charge in [-0.15, -0.1) is 0 Å². The van der Waals surface area contributed by atoms with Crippen LogP contribution in [0, 0.1) is 24.7 Å². The molecule has 1 N–H and O–H groups in total. The van der Waals surface area contributed by atoms with Gasteiger partial charge in [-0.05, 0) is 56.4 Å². The molecule has 0 heterocycles. The summed E-state index contributed by atoms with van der Waals surface area (Å²) < 4.78 is 0. The molecule has 1 unspecified atom stereocenters. The van der Waals surface area contributed by atoms with E-state index in [-0.39, 0.29) is 18.6 Å². The maximum atomic E-state index is 12.5. The van der Waals surface area contributed by atoms with Crippen molar-refractivity contribution in [3.05, 3.63) is 34.9 Å². The Balaban J connectivity index is 2.22. The standard InChI is InChI=1S/C17H21NO2/c1-12-9-14(5-4-8-19)11-16(10-12)17(20)18(3)13(2)15-6-7-15/h9-11,13,15,19H,6-8H2,1-3H3. The first-order valence-electron chi connectivity index (χ1n) is 7.01. The fourth-order valence-electron chi connectivity index (χ4n) is 2.40. The lowest BCUT2D eigenvalue weighted by atomic mass is 10.0. The lowest BCUT2D eigenvalue weighted by Gasteiger charge is -2.25. The van der Waals surface area contributed by atoms with Crippen molar-refractivity contribution in [3.8, 4) is 11.8 Å². The molecular weight excluding hydrogens is 250 g/mol. The van der Waals surface area contributed by atoms with Crippen molar-refractivity contribution in [2.24, 2.45) is 5.92 Å². The molecule has 1 saturated carbocycles. The predicted octanol–water partition coefficient (Wildman–Crippen LogP) is 2.21. The van der Waals surface area contributed by atoms with Crippen LogP contribution in [0.15, 0.2) is 18.2 Å². The number of carbonyl (C=O) groups is 1. The Bertz CT molecular complexity index is 564. The van der Waals surface area contributed by atoms with Gasteiger partial charge in [-0.3, -0.25) is 4.79 Å². The topological polar surface area (TPSA) is 40.5 Å². The molecule has 1 aliphatic carbocycles. The van der Waals surface area contributed by atoms with Crippen molar-refractivity contribution >= 4 is 5.91 Å². The maximum absolute atomic E-state index is 12.5. The van der Waals surface area contributed by atoms with Crippen LogP contribution in [0.2, 0.25) is 0 Å². The maximum Gasteiger partial charge on any atom is 0.253 e. The number of rotatable bonds is 3. The van der Waals surface area contributed by atoms with E-state index in [2.05, 4.69) is 18.8 Å². The summed E-state index contributed by atoms with van der Waals surface area (Å²) >= 11 is 0. The van der Waals surface area contributed by atoms with Crippen LogP contribution in [-0.2, 0) is 0 Å². The average Bonchev–Trinajstić information content (AvgIpc) is 3.26. The lowest BCUT2D eigenvalue weighted by Crippen LogP contribution is -2.36. The van der Waals surface area contributed by atoms with Gasteiger partial charge in [0.2, 0.25) is 0 Å². The van der Waals surface area contributed by atoms with E-state index in [0.717, 1.165) is 11.1 Å². The van der Waals surface area contributed by atoms with Crippen molar-refractivity contribution in [1.29, 1.82) is 0 Å². The van der Waals surface area contributed by atoms with Gasteiger partial charge in [-0.25, -0.2) is 0 Å². The molecule has 0 radical (unpaired) electrons. The summed E-state index contributed by atoms with van der Waals surface area (Å²) in [5.41, 5.74) is 2.45. The van der Waals surface area contributed by atoms with Gasteiger partial charge in [0.25, 0.3) is 5.91 Å². The molecule has 106 valence electrons. The minimum Gasteiger partial charge on any atom is -0.384 e. The number of hydrogen-bond donors (Lipinski definition) is 1. The first-order chi connectivity index (χ1) is 9.52. The smallest absolute Gasteiger partial charge is 0.253 e. The summed E-state index contributed by atoms with van der Waals surface area (Å²) in [6.07, 6.45) is 2.44. The van der Waals surface area contributed by atoms with Crippen LogP contribution < -0.4 is 0 Å². The molecule has 0 spiro atoms. The number of aliphatic hydroxyl groups excluding tert-OH is 1. The molecule has 1 fully saturated rings. The number of amides is 1. The molecule has 20 heavy (non-hydrogen) atoms. The highest BCUT2D eigenvalue weighted by Crippen LogP contribution is 2.35. The fraction of sp³-hybridized carbons (Fsp3) is 0.471. The summed E-state index contributed by atoms with van der Waals surface area (Å²) in [7, 11) is 1.87. The minimum absolute atomic E-state index is 0.0418. The first-order valence-corrected chi connectivity index (χ1v) is 7.01. The zero-order valence-electron chi connectivity index (χ0n) is 12.3. The van der Waals surface area contributed by atoms with E-state index >= 15 is 0 Å². The van der Waals surface area contributed by atoms with Crippen LogP contribution >= 0.6 is 0 Å². The molecule has 2 rings (SSSR count). The Morgan fingerprint density at radius 3 is 2.75 bits per heavy atom. The summed E-state index contributed by atoms with van der Waals surface area (Å²) in [5.74, 6) is 6.18. The summed E-state index contributed by atoms with van der Waals surface area (Å²) in [6.45, 7) is 3.89. The van der Waals surface area contributed by atoms with Crippen LogP contribution in [-0.4, -0.2) is 35.6 Å². The highest BCUT2D eigenvalue weighted by Gasteiger charge is 2.32. The molecule has 1 atom stereocenters. The predicted molar refractivity (Wildman–Crippen MR) is 79.4 cm³/mol. The van der Waals surface area contributed by atoms with Crippen molar-refractivity contribution in [3.63, 3.8) is 0 Å². The number of nitrogens with zero attached hydrogens (tertiary/aromatic N) is 1. The number of aliphatic hydroxyl groups is 1. The second-order valence-corrected chi connectivity index (χ2v) is 5.54. The zero-order chi connectivity index (χ0) is 14.7. The van der Waals surface area contributed by atoms with Crippen LogP contribution in [0.5, 0.6) is 0 Å². The van der Waals surface area contributed by atoms with Crippen LogP contribution in [0.3, 0.4) is 0 Å². The number of carbonyl (C=O) groups excluding carboxylic acids is 1. The van der Waals surface area contributed by atoms with E-state index in [1.54, 1.807) is 6.07 Å². The van der Waals surface area contributed by atoms with Crippen molar-refractivity contribution in [2.75, 3.05) is 13.7 Å². The molecule has 0 aromatic heterocycles. The SMILES string of the molecule is Cc1cc(C#CCO)cc(C(=O)N(C)C(C)C2CC2)c1. The van der Waals surface area contributed by atoms with E-state index < -0.39 is 0 Å². The molecule has 0 bridgehead atoms. The largest absolute Gasteiger partial charge is 0.384 e. The van der Waals surface area contributed by atoms with Gasteiger partial charge in [-0.1, -0.05) is 11.8 Å². The molecule has 0 aliphatic heterocycles. The van der Waals surface area contributed by atoms with E-state index in [9.17, 15) is 4.79 Å². The third-order valence-corrected chi connectivity index (χ3v) is 3.87. The van der Waals surface area contributed by atoms with Crippen molar-refractivity contribution in [1.82, 2.24) is 4.90 Å². The molecule has 3 nitrogen and oxygen atoms in total.